The van der Waals surface area contributed by atoms with Gasteiger partial charge in [0.15, 0.2) is 0 Å². The Balaban J connectivity index is 1.77. The number of nitrogens with zero attached hydrogens (tertiary/aromatic N) is 2. The summed E-state index contributed by atoms with van der Waals surface area (Å²) in [5.74, 6) is -1.28. The average molecular weight is 354 g/mol. The molecule has 1 aliphatic rings. The molecule has 3 N–H and O–H groups in total. The lowest BCUT2D eigenvalue weighted by molar-refractivity contribution is -0.127. The standard InChI is InChI=1S/C18H18N4O4/c19-16(23)15-11-26-8-7-22(15)18(25)12-3-1-5-14(9-12)21-17(24)13-4-2-6-20-10-13/h1-6,9-10,15H,7-8,11H2,(H2,19,23)(H,21,24). The minimum Gasteiger partial charge on any atom is -0.377 e. The molecule has 1 saturated heterocycles. The second kappa shape index (κ2) is 7.75. The van der Waals surface area contributed by atoms with Crippen LogP contribution in [0.2, 0.25) is 0 Å². The van der Waals surface area contributed by atoms with E-state index in [0.717, 1.165) is 0 Å². The maximum atomic E-state index is 12.8. The molecule has 1 aliphatic heterocycles. The number of hydrogen-bond acceptors (Lipinski definition) is 5. The lowest BCUT2D eigenvalue weighted by Crippen LogP contribution is -2.54. The summed E-state index contributed by atoms with van der Waals surface area (Å²) in [5.41, 5.74) is 6.58. The summed E-state index contributed by atoms with van der Waals surface area (Å²) in [6.07, 6.45) is 3.03. The fourth-order valence-corrected chi connectivity index (χ4v) is 2.68. The van der Waals surface area contributed by atoms with Crippen LogP contribution in [0.25, 0.3) is 0 Å². The fourth-order valence-electron chi connectivity index (χ4n) is 2.68. The summed E-state index contributed by atoms with van der Waals surface area (Å²) in [7, 11) is 0. The van der Waals surface area contributed by atoms with Crippen LogP contribution in [0, 0.1) is 0 Å². The Morgan fingerprint density at radius 3 is 2.73 bits per heavy atom. The predicted molar refractivity (Wildman–Crippen MR) is 93.5 cm³/mol. The highest BCUT2D eigenvalue weighted by molar-refractivity contribution is 6.05. The molecule has 0 aliphatic carbocycles. The number of amides is 3. The van der Waals surface area contributed by atoms with Gasteiger partial charge < -0.3 is 20.7 Å². The molecule has 1 unspecified atom stereocenters. The highest BCUT2D eigenvalue weighted by atomic mass is 16.5. The van der Waals surface area contributed by atoms with Gasteiger partial charge in [-0.1, -0.05) is 6.07 Å². The molecule has 8 heteroatoms. The van der Waals surface area contributed by atoms with Gasteiger partial charge in [0.25, 0.3) is 11.8 Å². The van der Waals surface area contributed by atoms with Crippen LogP contribution in [0.5, 0.6) is 0 Å². The predicted octanol–water partition coefficient (Wildman–Crippen LogP) is 0.660. The molecule has 0 spiro atoms. The van der Waals surface area contributed by atoms with Crippen molar-refractivity contribution < 1.29 is 19.1 Å². The van der Waals surface area contributed by atoms with Crippen LogP contribution in [0.1, 0.15) is 20.7 Å². The zero-order valence-electron chi connectivity index (χ0n) is 13.9. The second-order valence-electron chi connectivity index (χ2n) is 5.77. The van der Waals surface area contributed by atoms with E-state index in [0.29, 0.717) is 23.4 Å². The Morgan fingerprint density at radius 2 is 2.00 bits per heavy atom. The largest absolute Gasteiger partial charge is 0.377 e. The summed E-state index contributed by atoms with van der Waals surface area (Å²) >= 11 is 0. The van der Waals surface area contributed by atoms with Gasteiger partial charge in [-0.15, -0.1) is 0 Å². The number of nitrogens with two attached hydrogens (primary N) is 1. The van der Waals surface area contributed by atoms with Crippen LogP contribution in [0.3, 0.4) is 0 Å². The van der Waals surface area contributed by atoms with Crippen LogP contribution in [-0.4, -0.2) is 53.4 Å². The van der Waals surface area contributed by atoms with E-state index in [9.17, 15) is 14.4 Å². The van der Waals surface area contributed by atoms with Gasteiger partial charge in [0.05, 0.1) is 18.8 Å². The van der Waals surface area contributed by atoms with Crippen LogP contribution in [0.4, 0.5) is 5.69 Å². The Kier molecular flexibility index (Phi) is 5.23. The zero-order chi connectivity index (χ0) is 18.5. The SMILES string of the molecule is NC(=O)C1COCCN1C(=O)c1cccc(NC(=O)c2cccnc2)c1. The van der Waals surface area contributed by atoms with Gasteiger partial charge in [0.2, 0.25) is 5.91 Å². The molecule has 1 aromatic heterocycles. The van der Waals surface area contributed by atoms with Crippen molar-refractivity contribution in [2.75, 3.05) is 25.1 Å². The number of hydrogen-bond donors (Lipinski definition) is 2. The smallest absolute Gasteiger partial charge is 0.257 e. The first-order chi connectivity index (χ1) is 12.6. The molecule has 3 rings (SSSR count). The van der Waals surface area contributed by atoms with E-state index < -0.39 is 11.9 Å². The van der Waals surface area contributed by atoms with Gasteiger partial charge in [-0.2, -0.15) is 0 Å². The van der Waals surface area contributed by atoms with Crippen molar-refractivity contribution in [1.82, 2.24) is 9.88 Å². The van der Waals surface area contributed by atoms with E-state index >= 15 is 0 Å². The minimum atomic E-state index is -0.801. The Morgan fingerprint density at radius 1 is 1.19 bits per heavy atom. The van der Waals surface area contributed by atoms with Crippen LogP contribution < -0.4 is 11.1 Å². The van der Waals surface area contributed by atoms with Crippen LogP contribution in [0.15, 0.2) is 48.8 Å². The van der Waals surface area contributed by atoms with E-state index in [1.807, 2.05) is 0 Å². The molecule has 1 fully saturated rings. The number of anilines is 1. The third-order valence-electron chi connectivity index (χ3n) is 4.01. The number of morpholine rings is 1. The maximum absolute atomic E-state index is 12.8. The molecule has 8 nitrogen and oxygen atoms in total. The third kappa shape index (κ3) is 3.86. The highest BCUT2D eigenvalue weighted by Crippen LogP contribution is 2.17. The molecule has 134 valence electrons. The van der Waals surface area contributed by atoms with E-state index in [1.165, 1.54) is 11.1 Å². The summed E-state index contributed by atoms with van der Waals surface area (Å²) < 4.78 is 5.23. The number of ether oxygens (including phenoxy) is 1. The van der Waals surface area contributed by atoms with Gasteiger partial charge in [-0.05, 0) is 30.3 Å². The number of carbonyl (C=O) groups excluding carboxylic acids is 3. The van der Waals surface area contributed by atoms with Crippen LogP contribution >= 0.6 is 0 Å². The van der Waals surface area contributed by atoms with Crippen molar-refractivity contribution in [1.29, 1.82) is 0 Å². The van der Waals surface area contributed by atoms with Crippen molar-refractivity contribution in [2.45, 2.75) is 6.04 Å². The molecule has 0 radical (unpaired) electrons. The first-order valence-corrected chi connectivity index (χ1v) is 8.06. The van der Waals surface area contributed by atoms with E-state index in [-0.39, 0.29) is 25.0 Å². The lowest BCUT2D eigenvalue weighted by atomic mass is 10.1. The normalized spacial score (nSPS) is 16.8. The summed E-state index contributed by atoms with van der Waals surface area (Å²) in [5, 5.41) is 2.72. The Hall–Kier alpha value is -3.26. The van der Waals surface area contributed by atoms with Crippen molar-refractivity contribution >= 4 is 23.4 Å². The number of benzene rings is 1. The molecule has 0 bridgehead atoms. The highest BCUT2D eigenvalue weighted by Gasteiger charge is 2.32. The fraction of sp³-hybridized carbons (Fsp3) is 0.222. The van der Waals surface area contributed by atoms with Gasteiger partial charge in [0.1, 0.15) is 6.04 Å². The second-order valence-corrected chi connectivity index (χ2v) is 5.77. The Bertz CT molecular complexity index is 825. The average Bonchev–Trinajstić information content (AvgIpc) is 2.68. The molecular formula is C18H18N4O4. The zero-order valence-corrected chi connectivity index (χ0v) is 13.9. The van der Waals surface area contributed by atoms with Gasteiger partial charge in [-0.25, -0.2) is 0 Å². The summed E-state index contributed by atoms with van der Waals surface area (Å²) in [4.78, 5) is 41.8. The molecular weight excluding hydrogens is 336 g/mol. The number of aromatic nitrogens is 1. The summed E-state index contributed by atoms with van der Waals surface area (Å²) in [6.45, 7) is 0.699. The molecule has 2 heterocycles. The molecule has 3 amide bonds. The van der Waals surface area contributed by atoms with Gasteiger partial charge in [0, 0.05) is 30.2 Å². The first kappa shape index (κ1) is 17.6. The maximum Gasteiger partial charge on any atom is 0.257 e. The van der Waals surface area contributed by atoms with Gasteiger partial charge >= 0.3 is 0 Å². The number of nitrogens with one attached hydrogen (secondary N) is 1. The number of primary amides is 1. The Labute approximate surface area is 150 Å². The van der Waals surface area contributed by atoms with Crippen molar-refractivity contribution in [2.24, 2.45) is 5.73 Å². The molecule has 1 aromatic carbocycles. The summed E-state index contributed by atoms with van der Waals surface area (Å²) in [6, 6.07) is 9.02. The van der Waals surface area contributed by atoms with Gasteiger partial charge in [-0.3, -0.25) is 19.4 Å². The van der Waals surface area contributed by atoms with E-state index in [1.54, 1.807) is 42.6 Å². The van der Waals surface area contributed by atoms with E-state index in [2.05, 4.69) is 10.3 Å². The molecule has 0 saturated carbocycles. The van der Waals surface area contributed by atoms with E-state index in [4.69, 9.17) is 10.5 Å². The van der Waals surface area contributed by atoms with Crippen molar-refractivity contribution in [3.05, 3.63) is 59.9 Å². The quantitative estimate of drug-likeness (QED) is 0.837. The number of pyridine rings is 1. The van der Waals surface area contributed by atoms with Crippen molar-refractivity contribution in [3.63, 3.8) is 0 Å². The third-order valence-corrected chi connectivity index (χ3v) is 4.01. The number of rotatable bonds is 4. The molecule has 2 aromatic rings. The van der Waals surface area contributed by atoms with Crippen molar-refractivity contribution in [3.8, 4) is 0 Å². The topological polar surface area (TPSA) is 115 Å². The van der Waals surface area contributed by atoms with Crippen LogP contribution in [-0.2, 0) is 9.53 Å². The molecule has 26 heavy (non-hydrogen) atoms. The first-order valence-electron chi connectivity index (χ1n) is 8.06. The number of carbonyl (C=O) groups is 3. The minimum absolute atomic E-state index is 0.0819. The lowest BCUT2D eigenvalue weighted by Gasteiger charge is -2.33. The monoisotopic (exact) mass is 354 g/mol. The molecule has 1 atom stereocenters.